The molecule has 1 aromatic rings. The monoisotopic (exact) mass is 252 g/mol. The van der Waals surface area contributed by atoms with Gasteiger partial charge in [-0.3, -0.25) is 9.59 Å². The van der Waals surface area contributed by atoms with Crippen LogP contribution in [-0.2, 0) is 9.59 Å². The van der Waals surface area contributed by atoms with Gasteiger partial charge in [0.1, 0.15) is 11.6 Å². The molecule has 1 fully saturated rings. The average molecular weight is 252 g/mol. The highest BCUT2D eigenvalue weighted by Crippen LogP contribution is 2.10. The highest BCUT2D eigenvalue weighted by molar-refractivity contribution is 5.82. The Morgan fingerprint density at radius 3 is 2.78 bits per heavy atom. The zero-order valence-electron chi connectivity index (χ0n) is 9.61. The standard InChI is InChI=1S/C12H13FN2O3/c13-8-1-3-10(4-2-8)18-7-12(17)15-9-5-11(16)14-6-9/h1-4,9H,5-7H2,(H,14,16)(H,15,17)/t9-/m0/s1. The highest BCUT2D eigenvalue weighted by atomic mass is 19.1. The van der Waals surface area contributed by atoms with E-state index in [1.165, 1.54) is 24.3 Å². The smallest absolute Gasteiger partial charge is 0.258 e. The van der Waals surface area contributed by atoms with Crippen molar-refractivity contribution in [3.05, 3.63) is 30.1 Å². The topological polar surface area (TPSA) is 67.4 Å². The van der Waals surface area contributed by atoms with Gasteiger partial charge in [0.2, 0.25) is 5.91 Å². The fourth-order valence-corrected chi connectivity index (χ4v) is 1.66. The number of amides is 2. The predicted molar refractivity (Wildman–Crippen MR) is 61.5 cm³/mol. The fraction of sp³-hybridized carbons (Fsp3) is 0.333. The van der Waals surface area contributed by atoms with E-state index in [9.17, 15) is 14.0 Å². The molecule has 0 aliphatic carbocycles. The van der Waals surface area contributed by atoms with Crippen LogP contribution in [0.1, 0.15) is 6.42 Å². The van der Waals surface area contributed by atoms with Gasteiger partial charge < -0.3 is 15.4 Å². The van der Waals surface area contributed by atoms with Gasteiger partial charge in [0, 0.05) is 13.0 Å². The quantitative estimate of drug-likeness (QED) is 0.805. The summed E-state index contributed by atoms with van der Waals surface area (Å²) in [6, 6.07) is 5.23. The van der Waals surface area contributed by atoms with Crippen LogP contribution in [0.15, 0.2) is 24.3 Å². The molecule has 0 aromatic heterocycles. The van der Waals surface area contributed by atoms with Gasteiger partial charge in [0.15, 0.2) is 6.61 Å². The first-order valence-electron chi connectivity index (χ1n) is 5.58. The molecule has 6 heteroatoms. The second kappa shape index (κ2) is 5.48. The Hall–Kier alpha value is -2.11. The van der Waals surface area contributed by atoms with E-state index in [0.29, 0.717) is 18.7 Å². The maximum atomic E-state index is 12.6. The largest absolute Gasteiger partial charge is 0.484 e. The molecule has 0 radical (unpaired) electrons. The summed E-state index contributed by atoms with van der Waals surface area (Å²) in [5, 5.41) is 5.29. The third-order valence-corrected chi connectivity index (χ3v) is 2.53. The van der Waals surface area contributed by atoms with Crippen LogP contribution in [0.2, 0.25) is 0 Å². The molecule has 1 atom stereocenters. The Labute approximate surface area is 103 Å². The second-order valence-electron chi connectivity index (χ2n) is 4.02. The molecule has 0 spiro atoms. The Morgan fingerprint density at radius 2 is 2.17 bits per heavy atom. The van der Waals surface area contributed by atoms with E-state index in [0.717, 1.165) is 0 Å². The lowest BCUT2D eigenvalue weighted by Gasteiger charge is -2.11. The summed E-state index contributed by atoms with van der Waals surface area (Å²) < 4.78 is 17.8. The number of carbonyl (C=O) groups is 2. The van der Waals surface area contributed by atoms with Crippen molar-refractivity contribution < 1.29 is 18.7 Å². The van der Waals surface area contributed by atoms with Crippen molar-refractivity contribution in [2.24, 2.45) is 0 Å². The molecule has 96 valence electrons. The number of carbonyl (C=O) groups excluding carboxylic acids is 2. The molecule has 1 aromatic carbocycles. The van der Waals surface area contributed by atoms with E-state index >= 15 is 0 Å². The van der Waals surface area contributed by atoms with E-state index in [-0.39, 0.29) is 30.3 Å². The molecule has 2 rings (SSSR count). The lowest BCUT2D eigenvalue weighted by atomic mass is 10.2. The minimum absolute atomic E-state index is 0.0697. The van der Waals surface area contributed by atoms with Gasteiger partial charge in [-0.15, -0.1) is 0 Å². The maximum Gasteiger partial charge on any atom is 0.258 e. The number of nitrogens with one attached hydrogen (secondary N) is 2. The zero-order chi connectivity index (χ0) is 13.0. The third kappa shape index (κ3) is 3.44. The lowest BCUT2D eigenvalue weighted by Crippen LogP contribution is -2.39. The second-order valence-corrected chi connectivity index (χ2v) is 4.02. The number of rotatable bonds is 4. The molecule has 1 saturated heterocycles. The van der Waals surface area contributed by atoms with E-state index in [1.54, 1.807) is 0 Å². The van der Waals surface area contributed by atoms with Gasteiger partial charge in [-0.1, -0.05) is 0 Å². The van der Waals surface area contributed by atoms with E-state index in [2.05, 4.69) is 10.6 Å². The molecule has 1 heterocycles. The average Bonchev–Trinajstić information content (AvgIpc) is 2.74. The number of benzene rings is 1. The number of ether oxygens (including phenoxy) is 1. The molecule has 5 nitrogen and oxygen atoms in total. The van der Waals surface area contributed by atoms with Crippen molar-refractivity contribution in [3.8, 4) is 5.75 Å². The summed E-state index contributed by atoms with van der Waals surface area (Å²) in [4.78, 5) is 22.4. The van der Waals surface area contributed by atoms with Crippen molar-refractivity contribution >= 4 is 11.8 Å². The molecule has 1 aliphatic rings. The molecule has 18 heavy (non-hydrogen) atoms. The van der Waals surface area contributed by atoms with Gasteiger partial charge in [0.25, 0.3) is 5.91 Å². The van der Waals surface area contributed by atoms with Crippen LogP contribution < -0.4 is 15.4 Å². The molecule has 0 saturated carbocycles. The lowest BCUT2D eigenvalue weighted by molar-refractivity contribution is -0.123. The number of halogens is 1. The predicted octanol–water partition coefficient (Wildman–Crippen LogP) is 0.209. The zero-order valence-corrected chi connectivity index (χ0v) is 9.61. The van der Waals surface area contributed by atoms with Crippen LogP contribution in [0, 0.1) is 5.82 Å². The van der Waals surface area contributed by atoms with Gasteiger partial charge >= 0.3 is 0 Å². The first kappa shape index (κ1) is 12.3. The van der Waals surface area contributed by atoms with Crippen LogP contribution in [-0.4, -0.2) is 31.0 Å². The summed E-state index contributed by atoms with van der Waals surface area (Å²) in [6.45, 7) is 0.289. The summed E-state index contributed by atoms with van der Waals surface area (Å²) in [5.41, 5.74) is 0. The molecule has 0 bridgehead atoms. The summed E-state index contributed by atoms with van der Waals surface area (Å²) in [7, 11) is 0. The van der Waals surface area contributed by atoms with Crippen molar-refractivity contribution in [3.63, 3.8) is 0 Å². The Bertz CT molecular complexity index is 447. The maximum absolute atomic E-state index is 12.6. The summed E-state index contributed by atoms with van der Waals surface area (Å²) in [5.74, 6) is -0.310. The molecule has 2 amide bonds. The minimum atomic E-state index is -0.359. The molecule has 0 unspecified atom stereocenters. The number of hydrogen-bond donors (Lipinski definition) is 2. The number of hydrogen-bond acceptors (Lipinski definition) is 3. The van der Waals surface area contributed by atoms with Gasteiger partial charge in [-0.25, -0.2) is 4.39 Å². The van der Waals surface area contributed by atoms with Crippen LogP contribution in [0.4, 0.5) is 4.39 Å². The van der Waals surface area contributed by atoms with Crippen molar-refractivity contribution in [1.29, 1.82) is 0 Å². The summed E-state index contributed by atoms with van der Waals surface area (Å²) in [6.07, 6.45) is 0.294. The van der Waals surface area contributed by atoms with Crippen molar-refractivity contribution in [1.82, 2.24) is 10.6 Å². The SMILES string of the molecule is O=C1C[C@H](NC(=O)COc2ccc(F)cc2)CN1. The van der Waals surface area contributed by atoms with Crippen LogP contribution in [0.3, 0.4) is 0 Å². The normalized spacial score (nSPS) is 18.3. The highest BCUT2D eigenvalue weighted by Gasteiger charge is 2.22. The Kier molecular flexibility index (Phi) is 3.76. The van der Waals surface area contributed by atoms with E-state index < -0.39 is 0 Å². The molecule has 2 N–H and O–H groups in total. The van der Waals surface area contributed by atoms with E-state index in [1.807, 2.05) is 0 Å². The Morgan fingerprint density at radius 1 is 1.44 bits per heavy atom. The van der Waals surface area contributed by atoms with Gasteiger partial charge in [0.05, 0.1) is 6.04 Å². The molecular weight excluding hydrogens is 239 g/mol. The van der Waals surface area contributed by atoms with Gasteiger partial charge in [-0.2, -0.15) is 0 Å². The molecule has 1 aliphatic heterocycles. The third-order valence-electron chi connectivity index (χ3n) is 2.53. The van der Waals surface area contributed by atoms with Crippen molar-refractivity contribution in [2.45, 2.75) is 12.5 Å². The minimum Gasteiger partial charge on any atom is -0.484 e. The van der Waals surface area contributed by atoms with Crippen LogP contribution >= 0.6 is 0 Å². The van der Waals surface area contributed by atoms with Crippen LogP contribution in [0.5, 0.6) is 5.75 Å². The van der Waals surface area contributed by atoms with Crippen LogP contribution in [0.25, 0.3) is 0 Å². The fourth-order valence-electron chi connectivity index (χ4n) is 1.66. The first-order chi connectivity index (χ1) is 8.63. The Balaban J connectivity index is 1.74. The molecular formula is C12H13FN2O3. The van der Waals surface area contributed by atoms with Crippen molar-refractivity contribution in [2.75, 3.05) is 13.2 Å². The first-order valence-corrected chi connectivity index (χ1v) is 5.58. The van der Waals surface area contributed by atoms with E-state index in [4.69, 9.17) is 4.74 Å². The summed E-state index contributed by atoms with van der Waals surface area (Å²) >= 11 is 0. The van der Waals surface area contributed by atoms with Gasteiger partial charge in [-0.05, 0) is 24.3 Å².